The minimum Gasteiger partial charge on any atom is -0.372 e. The molecule has 16 heavy (non-hydrogen) atoms. The molecule has 1 atom stereocenters. The second-order valence-corrected chi connectivity index (χ2v) is 4.32. The van der Waals surface area contributed by atoms with Crippen molar-refractivity contribution in [2.24, 2.45) is 0 Å². The molecule has 1 aromatic carbocycles. The Morgan fingerprint density at radius 2 is 2.06 bits per heavy atom. The lowest BCUT2D eigenvalue weighted by atomic mass is 10.2. The Labute approximate surface area is 110 Å². The van der Waals surface area contributed by atoms with Crippen molar-refractivity contribution in [3.63, 3.8) is 0 Å². The van der Waals surface area contributed by atoms with Gasteiger partial charge in [-0.3, -0.25) is 0 Å². The van der Waals surface area contributed by atoms with E-state index < -0.39 is 0 Å². The fourth-order valence-electron chi connectivity index (χ4n) is 0.898. The van der Waals surface area contributed by atoms with E-state index in [1.165, 1.54) is 0 Å². The first-order chi connectivity index (χ1) is 7.67. The highest BCUT2D eigenvalue weighted by Crippen LogP contribution is 2.22. The van der Waals surface area contributed by atoms with Crippen LogP contribution in [-0.4, -0.2) is 18.6 Å². The quantitative estimate of drug-likeness (QED) is 0.611. The number of alkyl halides is 1. The van der Waals surface area contributed by atoms with Gasteiger partial charge in [-0.1, -0.05) is 29.3 Å². The molecule has 2 rings (SSSR count). The van der Waals surface area contributed by atoms with Gasteiger partial charge in [0.15, 0.2) is 0 Å². The molecule has 0 aliphatic carbocycles. The average molecular weight is 279 g/mol. The maximum atomic E-state index is 8.35. The van der Waals surface area contributed by atoms with E-state index in [-0.39, 0.29) is 0 Å². The molecule has 0 unspecified atom stereocenters. The van der Waals surface area contributed by atoms with E-state index in [1.54, 1.807) is 18.2 Å². The molecule has 0 aromatic heterocycles. The molecule has 1 fully saturated rings. The molecule has 2 nitrogen and oxygen atoms in total. The number of epoxide rings is 1. The van der Waals surface area contributed by atoms with Crippen molar-refractivity contribution < 1.29 is 4.74 Å². The first-order valence-electron chi connectivity index (χ1n) is 4.65. The Bertz CT molecular complexity index is 385. The second-order valence-electron chi connectivity index (χ2n) is 3.19. The summed E-state index contributed by atoms with van der Waals surface area (Å²) in [5.74, 6) is 0.667. The highest BCUT2D eigenvalue weighted by atomic mass is 35.5. The summed E-state index contributed by atoms with van der Waals surface area (Å²) < 4.78 is 4.73. The van der Waals surface area contributed by atoms with Crippen LogP contribution in [0.1, 0.15) is 5.56 Å². The van der Waals surface area contributed by atoms with Crippen LogP contribution >= 0.6 is 34.8 Å². The van der Waals surface area contributed by atoms with Gasteiger partial charge in [0.25, 0.3) is 0 Å². The molecule has 1 aromatic rings. The van der Waals surface area contributed by atoms with Gasteiger partial charge in [0.05, 0.1) is 41.1 Å². The van der Waals surface area contributed by atoms with Gasteiger partial charge < -0.3 is 4.74 Å². The van der Waals surface area contributed by atoms with Gasteiger partial charge in [0.1, 0.15) is 0 Å². The minimum absolute atomic E-state index is 0.372. The fourth-order valence-corrected chi connectivity index (χ4v) is 1.40. The highest BCUT2D eigenvalue weighted by Gasteiger charge is 2.19. The number of rotatable bonds is 2. The fraction of sp³-hybridized carbons (Fsp3) is 0.364. The lowest BCUT2D eigenvalue weighted by Crippen LogP contribution is -1.80. The van der Waals surface area contributed by atoms with Crippen LogP contribution in [-0.2, 0) is 11.2 Å². The van der Waals surface area contributed by atoms with E-state index in [2.05, 4.69) is 0 Å². The van der Waals surface area contributed by atoms with E-state index in [4.69, 9.17) is 44.8 Å². The number of ether oxygens (including phenoxy) is 1. The van der Waals surface area contributed by atoms with Gasteiger partial charge in [-0.15, -0.1) is 11.6 Å². The number of nitriles is 1. The third-order valence-corrected chi connectivity index (χ3v) is 2.92. The minimum atomic E-state index is 0.372. The number of benzene rings is 1. The van der Waals surface area contributed by atoms with Crippen LogP contribution in [0.15, 0.2) is 18.2 Å². The molecular weight excluding hydrogens is 268 g/mol. The van der Waals surface area contributed by atoms with Gasteiger partial charge in [-0.2, -0.15) is 5.26 Å². The van der Waals surface area contributed by atoms with Gasteiger partial charge in [0.2, 0.25) is 0 Å². The summed E-state index contributed by atoms with van der Waals surface area (Å²) in [6.45, 7) is 0.878. The number of hydrogen-bond acceptors (Lipinski definition) is 2. The van der Waals surface area contributed by atoms with Crippen molar-refractivity contribution >= 4 is 34.8 Å². The Balaban J connectivity index is 0.000000212. The zero-order chi connectivity index (χ0) is 12.0. The predicted octanol–water partition coefficient (Wildman–Crippen LogP) is 3.68. The summed E-state index contributed by atoms with van der Waals surface area (Å²) in [5, 5.41) is 9.37. The third-order valence-electron chi connectivity index (χ3n) is 1.84. The van der Waals surface area contributed by atoms with Crippen LogP contribution in [0, 0.1) is 11.3 Å². The molecule has 86 valence electrons. The van der Waals surface area contributed by atoms with Gasteiger partial charge in [-0.25, -0.2) is 0 Å². The van der Waals surface area contributed by atoms with Crippen molar-refractivity contribution in [2.45, 2.75) is 12.5 Å². The first kappa shape index (κ1) is 13.6. The molecule has 5 heteroatoms. The largest absolute Gasteiger partial charge is 0.372 e. The Kier molecular flexibility index (Phi) is 5.94. The molecule has 0 N–H and O–H groups in total. The zero-order valence-electron chi connectivity index (χ0n) is 8.42. The van der Waals surface area contributed by atoms with E-state index in [0.717, 1.165) is 12.2 Å². The SMILES string of the molecule is ClC[C@@H]1CO1.N#CCc1ccc(Cl)c(Cl)c1. The lowest BCUT2D eigenvalue weighted by molar-refractivity contribution is 0.425. The number of nitrogens with zero attached hydrogens (tertiary/aromatic N) is 1. The van der Waals surface area contributed by atoms with E-state index >= 15 is 0 Å². The molecule has 0 saturated carbocycles. The maximum Gasteiger partial charge on any atom is 0.0944 e. The van der Waals surface area contributed by atoms with E-state index in [0.29, 0.717) is 28.5 Å². The summed E-state index contributed by atoms with van der Waals surface area (Å²) in [6.07, 6.45) is 0.772. The number of halogens is 3. The van der Waals surface area contributed by atoms with Crippen LogP contribution in [0.25, 0.3) is 0 Å². The summed E-state index contributed by atoms with van der Waals surface area (Å²) in [4.78, 5) is 0. The highest BCUT2D eigenvalue weighted by molar-refractivity contribution is 6.42. The zero-order valence-corrected chi connectivity index (χ0v) is 10.7. The van der Waals surface area contributed by atoms with Crippen LogP contribution < -0.4 is 0 Å². The van der Waals surface area contributed by atoms with Crippen molar-refractivity contribution in [1.82, 2.24) is 0 Å². The normalized spacial score (nSPS) is 17.0. The molecule has 0 bridgehead atoms. The van der Waals surface area contributed by atoms with Crippen LogP contribution in [0.3, 0.4) is 0 Å². The van der Waals surface area contributed by atoms with Gasteiger partial charge in [-0.05, 0) is 17.7 Å². The standard InChI is InChI=1S/C8H5Cl2N.C3H5ClO/c9-7-2-1-6(3-4-11)5-8(7)10;4-1-3-2-5-3/h1-2,5H,3H2;3H,1-2H2/t;3-/m.1/s1. The second kappa shape index (κ2) is 6.98. The van der Waals surface area contributed by atoms with Crippen molar-refractivity contribution in [1.29, 1.82) is 5.26 Å². The average Bonchev–Trinajstić information content (AvgIpc) is 3.08. The van der Waals surface area contributed by atoms with Crippen LogP contribution in [0.5, 0.6) is 0 Å². The molecule has 1 heterocycles. The summed E-state index contributed by atoms with van der Waals surface area (Å²) >= 11 is 16.6. The van der Waals surface area contributed by atoms with Crippen molar-refractivity contribution in [2.75, 3.05) is 12.5 Å². The Morgan fingerprint density at radius 3 is 2.44 bits per heavy atom. The summed E-state index contributed by atoms with van der Waals surface area (Å²) in [6, 6.07) is 7.21. The molecule has 0 spiro atoms. The smallest absolute Gasteiger partial charge is 0.0944 e. The predicted molar refractivity (Wildman–Crippen MR) is 66.2 cm³/mol. The Hall–Kier alpha value is -0.460. The Morgan fingerprint density at radius 1 is 1.38 bits per heavy atom. The van der Waals surface area contributed by atoms with Crippen molar-refractivity contribution in [3.8, 4) is 6.07 Å². The topological polar surface area (TPSA) is 36.3 Å². The molecule has 1 aliphatic rings. The first-order valence-corrected chi connectivity index (χ1v) is 5.95. The third kappa shape index (κ3) is 5.05. The van der Waals surface area contributed by atoms with Crippen LogP contribution in [0.4, 0.5) is 0 Å². The van der Waals surface area contributed by atoms with Crippen LogP contribution in [0.2, 0.25) is 10.0 Å². The maximum absolute atomic E-state index is 8.35. The lowest BCUT2D eigenvalue weighted by Gasteiger charge is -1.96. The number of hydrogen-bond donors (Lipinski definition) is 0. The molecule has 1 saturated heterocycles. The molecule has 1 aliphatic heterocycles. The van der Waals surface area contributed by atoms with Crippen molar-refractivity contribution in [3.05, 3.63) is 33.8 Å². The van der Waals surface area contributed by atoms with Gasteiger partial charge in [0, 0.05) is 0 Å². The molecule has 0 radical (unpaired) electrons. The monoisotopic (exact) mass is 277 g/mol. The summed E-state index contributed by atoms with van der Waals surface area (Å²) in [7, 11) is 0. The summed E-state index contributed by atoms with van der Waals surface area (Å²) in [5.41, 5.74) is 0.891. The molecule has 0 amide bonds. The van der Waals surface area contributed by atoms with Gasteiger partial charge >= 0.3 is 0 Å². The van der Waals surface area contributed by atoms with E-state index in [9.17, 15) is 0 Å². The molecular formula is C11H10Cl3NO. The van der Waals surface area contributed by atoms with E-state index in [1.807, 2.05) is 6.07 Å².